The van der Waals surface area contributed by atoms with Gasteiger partial charge in [-0.1, -0.05) is 24.3 Å². The molecule has 0 aliphatic heterocycles. The van der Waals surface area contributed by atoms with E-state index in [1.807, 2.05) is 36.4 Å². The first-order valence-electron chi connectivity index (χ1n) is 5.60. The normalized spacial score (nSPS) is 12.8. The van der Waals surface area contributed by atoms with E-state index in [0.717, 1.165) is 16.7 Å². The van der Waals surface area contributed by atoms with Crippen molar-refractivity contribution in [3.63, 3.8) is 0 Å². The Morgan fingerprint density at radius 2 is 1.67 bits per heavy atom. The van der Waals surface area contributed by atoms with Crippen LogP contribution in [0.5, 0.6) is 0 Å². The van der Waals surface area contributed by atoms with Gasteiger partial charge in [0.25, 0.3) is 0 Å². The highest BCUT2D eigenvalue weighted by atomic mass is 16.3. The maximum Gasteiger partial charge on any atom is 0.128 e. The van der Waals surface area contributed by atoms with Crippen molar-refractivity contribution in [1.29, 1.82) is 0 Å². The first kappa shape index (κ1) is 10.9. The standard InChI is InChI=1S/C13H12N4O/c14-13(18)9-4-3-5-10(8-9)17-15-11-6-1-2-7-12(11)16-17/h1-8,13,18H,14H2. The summed E-state index contributed by atoms with van der Waals surface area (Å²) in [5.41, 5.74) is 8.51. The van der Waals surface area contributed by atoms with Crippen molar-refractivity contribution >= 4 is 11.0 Å². The molecular formula is C13H12N4O. The van der Waals surface area contributed by atoms with Gasteiger partial charge in [-0.15, -0.1) is 10.2 Å². The molecule has 0 saturated heterocycles. The fourth-order valence-corrected chi connectivity index (χ4v) is 1.81. The van der Waals surface area contributed by atoms with Crippen LogP contribution in [0.3, 0.4) is 0 Å². The zero-order valence-corrected chi connectivity index (χ0v) is 9.56. The Morgan fingerprint density at radius 1 is 1.00 bits per heavy atom. The predicted octanol–water partition coefficient (Wildman–Crippen LogP) is 1.37. The molecule has 1 aromatic heterocycles. The summed E-state index contributed by atoms with van der Waals surface area (Å²) in [6.07, 6.45) is -0.991. The van der Waals surface area contributed by atoms with Crippen molar-refractivity contribution in [2.24, 2.45) is 5.73 Å². The number of aliphatic hydroxyl groups excluding tert-OH is 1. The van der Waals surface area contributed by atoms with Gasteiger partial charge in [0.2, 0.25) is 0 Å². The molecule has 0 fully saturated rings. The van der Waals surface area contributed by atoms with Gasteiger partial charge in [0.05, 0.1) is 5.69 Å². The van der Waals surface area contributed by atoms with Crippen molar-refractivity contribution in [3.05, 3.63) is 54.1 Å². The summed E-state index contributed by atoms with van der Waals surface area (Å²) in [5.74, 6) is 0. The maximum absolute atomic E-state index is 9.36. The number of nitrogens with zero attached hydrogens (tertiary/aromatic N) is 3. The molecule has 0 amide bonds. The molecule has 3 aromatic rings. The lowest BCUT2D eigenvalue weighted by Gasteiger charge is -2.06. The molecule has 1 atom stereocenters. The third-order valence-corrected chi connectivity index (χ3v) is 2.73. The van der Waals surface area contributed by atoms with Crippen molar-refractivity contribution < 1.29 is 5.11 Å². The third kappa shape index (κ3) is 1.85. The SMILES string of the molecule is NC(O)c1cccc(-n2nc3ccccc3n2)c1. The number of fused-ring (bicyclic) bond motifs is 1. The second-order valence-electron chi connectivity index (χ2n) is 4.02. The summed E-state index contributed by atoms with van der Waals surface area (Å²) < 4.78 is 0. The van der Waals surface area contributed by atoms with Gasteiger partial charge in [0.1, 0.15) is 17.3 Å². The first-order chi connectivity index (χ1) is 8.74. The molecule has 0 radical (unpaired) electrons. The van der Waals surface area contributed by atoms with Gasteiger partial charge in [-0.05, 0) is 29.8 Å². The van der Waals surface area contributed by atoms with Crippen molar-refractivity contribution in [2.75, 3.05) is 0 Å². The van der Waals surface area contributed by atoms with Crippen LogP contribution < -0.4 is 5.73 Å². The van der Waals surface area contributed by atoms with Crippen LogP contribution in [-0.2, 0) is 0 Å². The molecule has 0 bridgehead atoms. The van der Waals surface area contributed by atoms with Crippen LogP contribution in [-0.4, -0.2) is 20.1 Å². The van der Waals surface area contributed by atoms with E-state index in [0.29, 0.717) is 5.56 Å². The summed E-state index contributed by atoms with van der Waals surface area (Å²) in [7, 11) is 0. The molecule has 18 heavy (non-hydrogen) atoms. The molecule has 1 heterocycles. The van der Waals surface area contributed by atoms with Crippen LogP contribution in [0.2, 0.25) is 0 Å². The largest absolute Gasteiger partial charge is 0.375 e. The zero-order valence-electron chi connectivity index (χ0n) is 9.56. The molecular weight excluding hydrogens is 228 g/mol. The highest BCUT2D eigenvalue weighted by Gasteiger charge is 2.06. The molecule has 2 aromatic carbocycles. The van der Waals surface area contributed by atoms with Crippen LogP contribution in [0, 0.1) is 0 Å². The Morgan fingerprint density at radius 3 is 2.28 bits per heavy atom. The summed E-state index contributed by atoms with van der Waals surface area (Å²) in [6.45, 7) is 0. The maximum atomic E-state index is 9.36. The monoisotopic (exact) mass is 240 g/mol. The number of aliphatic hydroxyl groups is 1. The molecule has 0 saturated carbocycles. The number of nitrogens with two attached hydrogens (primary N) is 1. The van der Waals surface area contributed by atoms with E-state index in [2.05, 4.69) is 10.2 Å². The van der Waals surface area contributed by atoms with Gasteiger partial charge < -0.3 is 10.8 Å². The fraction of sp³-hybridized carbons (Fsp3) is 0.0769. The van der Waals surface area contributed by atoms with E-state index in [4.69, 9.17) is 5.73 Å². The van der Waals surface area contributed by atoms with Gasteiger partial charge >= 0.3 is 0 Å². The van der Waals surface area contributed by atoms with Crippen molar-refractivity contribution in [2.45, 2.75) is 6.23 Å². The van der Waals surface area contributed by atoms with E-state index >= 15 is 0 Å². The number of hydrogen-bond acceptors (Lipinski definition) is 4. The second-order valence-corrected chi connectivity index (χ2v) is 4.02. The lowest BCUT2D eigenvalue weighted by atomic mass is 10.2. The van der Waals surface area contributed by atoms with E-state index in [1.54, 1.807) is 12.1 Å². The summed E-state index contributed by atoms with van der Waals surface area (Å²) in [4.78, 5) is 1.54. The molecule has 5 nitrogen and oxygen atoms in total. The average molecular weight is 240 g/mol. The van der Waals surface area contributed by atoms with E-state index < -0.39 is 6.23 Å². The van der Waals surface area contributed by atoms with Crippen LogP contribution in [0.4, 0.5) is 0 Å². The fourth-order valence-electron chi connectivity index (χ4n) is 1.81. The van der Waals surface area contributed by atoms with Gasteiger partial charge in [0, 0.05) is 0 Å². The highest BCUT2D eigenvalue weighted by molar-refractivity contribution is 5.73. The minimum Gasteiger partial charge on any atom is -0.375 e. The topological polar surface area (TPSA) is 77.0 Å². The third-order valence-electron chi connectivity index (χ3n) is 2.73. The summed E-state index contributed by atoms with van der Waals surface area (Å²) >= 11 is 0. The molecule has 3 N–H and O–H groups in total. The molecule has 0 aliphatic carbocycles. The van der Waals surface area contributed by atoms with Gasteiger partial charge in [0.15, 0.2) is 0 Å². The van der Waals surface area contributed by atoms with E-state index in [9.17, 15) is 5.11 Å². The Balaban J connectivity index is 2.11. The minimum absolute atomic E-state index is 0.633. The number of hydrogen-bond donors (Lipinski definition) is 2. The predicted molar refractivity (Wildman–Crippen MR) is 68.0 cm³/mol. The van der Waals surface area contributed by atoms with Gasteiger partial charge in [-0.2, -0.15) is 4.80 Å². The van der Waals surface area contributed by atoms with Crippen LogP contribution in [0.1, 0.15) is 11.8 Å². The zero-order chi connectivity index (χ0) is 12.5. The number of benzene rings is 2. The second kappa shape index (κ2) is 4.21. The van der Waals surface area contributed by atoms with Gasteiger partial charge in [-0.25, -0.2) is 0 Å². The minimum atomic E-state index is -0.991. The lowest BCUT2D eigenvalue weighted by molar-refractivity contribution is 0.186. The average Bonchev–Trinajstić information content (AvgIpc) is 2.82. The highest BCUT2D eigenvalue weighted by Crippen LogP contribution is 2.15. The van der Waals surface area contributed by atoms with E-state index in [-0.39, 0.29) is 0 Å². The molecule has 0 spiro atoms. The number of aromatic nitrogens is 3. The molecule has 90 valence electrons. The van der Waals surface area contributed by atoms with Crippen molar-refractivity contribution in [3.8, 4) is 5.69 Å². The van der Waals surface area contributed by atoms with Crippen molar-refractivity contribution in [1.82, 2.24) is 15.0 Å². The Kier molecular flexibility index (Phi) is 2.55. The number of rotatable bonds is 2. The van der Waals surface area contributed by atoms with Crippen LogP contribution in [0.25, 0.3) is 16.7 Å². The molecule has 3 rings (SSSR count). The lowest BCUT2D eigenvalue weighted by Crippen LogP contribution is -2.09. The molecule has 5 heteroatoms. The van der Waals surface area contributed by atoms with Crippen LogP contribution in [0.15, 0.2) is 48.5 Å². The Labute approximate surface area is 103 Å². The van der Waals surface area contributed by atoms with Gasteiger partial charge in [-0.3, -0.25) is 0 Å². The van der Waals surface area contributed by atoms with Crippen LogP contribution >= 0.6 is 0 Å². The molecule has 0 aliphatic rings. The summed E-state index contributed by atoms with van der Waals surface area (Å²) in [5, 5.41) is 18.1. The first-order valence-corrected chi connectivity index (χ1v) is 5.60. The summed E-state index contributed by atoms with van der Waals surface area (Å²) in [6, 6.07) is 14.9. The van der Waals surface area contributed by atoms with E-state index in [1.165, 1.54) is 4.80 Å². The smallest absolute Gasteiger partial charge is 0.128 e. The molecule has 1 unspecified atom stereocenters. The Hall–Kier alpha value is -2.24. The quantitative estimate of drug-likeness (QED) is 0.663. The Bertz CT molecular complexity index is 657.